The fourth-order valence-corrected chi connectivity index (χ4v) is 3.54. The molecule has 2 rings (SSSR count). The van der Waals surface area contributed by atoms with Gasteiger partial charge in [0, 0.05) is 10.9 Å². The number of benzene rings is 1. The molecule has 0 aliphatic heterocycles. The van der Waals surface area contributed by atoms with Crippen LogP contribution in [-0.2, 0) is 4.79 Å². The molecule has 0 bridgehead atoms. The van der Waals surface area contributed by atoms with Gasteiger partial charge in [-0.3, -0.25) is 4.79 Å². The maximum Gasteiger partial charge on any atom is 0.238 e. The standard InChI is InChI=1S/C13H17N3O2S2/c1-7(6-17)19-8(2)12(18)16-13-15-10-4-3-9(14)5-11(10)20-13/h3-5,7-8,17H,6,14H2,1-2H3,(H,15,16,18). The van der Waals surface area contributed by atoms with Crippen molar-refractivity contribution in [3.05, 3.63) is 18.2 Å². The topological polar surface area (TPSA) is 88.2 Å². The van der Waals surface area contributed by atoms with Crippen LogP contribution in [0, 0.1) is 0 Å². The molecule has 0 spiro atoms. The van der Waals surface area contributed by atoms with Crippen LogP contribution in [0.1, 0.15) is 13.8 Å². The third kappa shape index (κ3) is 3.62. The van der Waals surface area contributed by atoms with Crippen molar-refractivity contribution >= 4 is 50.0 Å². The number of thiazole rings is 1. The van der Waals surface area contributed by atoms with Crippen molar-refractivity contribution in [1.29, 1.82) is 0 Å². The van der Waals surface area contributed by atoms with Gasteiger partial charge in [0.2, 0.25) is 5.91 Å². The summed E-state index contributed by atoms with van der Waals surface area (Å²) >= 11 is 2.83. The van der Waals surface area contributed by atoms with E-state index in [1.807, 2.05) is 26.0 Å². The van der Waals surface area contributed by atoms with Crippen LogP contribution in [0.4, 0.5) is 10.8 Å². The molecule has 1 heterocycles. The van der Waals surface area contributed by atoms with Crippen LogP contribution in [0.5, 0.6) is 0 Å². The molecule has 7 heteroatoms. The SMILES string of the molecule is CC(CO)SC(C)C(=O)Nc1nc2ccc(N)cc2s1. The third-order valence-electron chi connectivity index (χ3n) is 2.71. The Hall–Kier alpha value is -1.31. The van der Waals surface area contributed by atoms with Crippen LogP contribution < -0.4 is 11.1 Å². The molecule has 0 fully saturated rings. The third-order valence-corrected chi connectivity index (χ3v) is 4.88. The lowest BCUT2D eigenvalue weighted by atomic mass is 10.3. The van der Waals surface area contributed by atoms with Gasteiger partial charge in [0.1, 0.15) is 0 Å². The first-order valence-corrected chi connectivity index (χ1v) is 7.98. The summed E-state index contributed by atoms with van der Waals surface area (Å²) in [6.45, 7) is 3.76. The number of nitrogens with zero attached hydrogens (tertiary/aromatic N) is 1. The van der Waals surface area contributed by atoms with Gasteiger partial charge in [-0.1, -0.05) is 18.3 Å². The molecule has 1 aromatic heterocycles. The van der Waals surface area contributed by atoms with Gasteiger partial charge in [-0.25, -0.2) is 4.98 Å². The number of carbonyl (C=O) groups excluding carboxylic acids is 1. The lowest BCUT2D eigenvalue weighted by molar-refractivity contribution is -0.115. The second-order valence-electron chi connectivity index (χ2n) is 4.51. The van der Waals surface area contributed by atoms with Crippen molar-refractivity contribution in [2.24, 2.45) is 0 Å². The first-order valence-electron chi connectivity index (χ1n) is 6.23. The van der Waals surface area contributed by atoms with Crippen LogP contribution in [0.3, 0.4) is 0 Å². The summed E-state index contributed by atoms with van der Waals surface area (Å²) in [6, 6.07) is 5.46. The molecule has 2 unspecified atom stereocenters. The summed E-state index contributed by atoms with van der Waals surface area (Å²) in [6.07, 6.45) is 0. The largest absolute Gasteiger partial charge is 0.399 e. The minimum absolute atomic E-state index is 0.0333. The number of hydrogen-bond acceptors (Lipinski definition) is 6. The maximum absolute atomic E-state index is 12.0. The van der Waals surface area contributed by atoms with Gasteiger partial charge in [0.15, 0.2) is 5.13 Å². The maximum atomic E-state index is 12.0. The van der Waals surface area contributed by atoms with Crippen LogP contribution in [0.2, 0.25) is 0 Å². The van der Waals surface area contributed by atoms with Gasteiger partial charge in [-0.15, -0.1) is 11.8 Å². The Bertz CT molecular complexity index is 615. The van der Waals surface area contributed by atoms with Gasteiger partial charge in [-0.05, 0) is 25.1 Å². The fraction of sp³-hybridized carbons (Fsp3) is 0.385. The van der Waals surface area contributed by atoms with E-state index in [9.17, 15) is 4.79 Å². The van der Waals surface area contributed by atoms with E-state index >= 15 is 0 Å². The Morgan fingerprint density at radius 2 is 2.30 bits per heavy atom. The van der Waals surface area contributed by atoms with Crippen LogP contribution >= 0.6 is 23.1 Å². The predicted octanol–water partition coefficient (Wildman–Crippen LogP) is 2.32. The first-order chi connectivity index (χ1) is 9.49. The van der Waals surface area contributed by atoms with Gasteiger partial charge < -0.3 is 16.2 Å². The number of carbonyl (C=O) groups is 1. The lowest BCUT2D eigenvalue weighted by Gasteiger charge is -2.13. The highest BCUT2D eigenvalue weighted by Gasteiger charge is 2.18. The molecule has 2 atom stereocenters. The molecule has 0 radical (unpaired) electrons. The molecule has 0 aliphatic carbocycles. The molecule has 0 saturated carbocycles. The average molecular weight is 311 g/mol. The summed E-state index contributed by atoms with van der Waals surface area (Å²) in [5.41, 5.74) is 7.22. The highest BCUT2D eigenvalue weighted by Crippen LogP contribution is 2.28. The summed E-state index contributed by atoms with van der Waals surface area (Å²) in [5.74, 6) is -0.109. The first kappa shape index (κ1) is 15.1. The Morgan fingerprint density at radius 1 is 1.55 bits per heavy atom. The van der Waals surface area contributed by atoms with E-state index in [1.54, 1.807) is 6.07 Å². The molecule has 0 saturated heterocycles. The Morgan fingerprint density at radius 3 is 3.00 bits per heavy atom. The Labute approximate surface area is 125 Å². The summed E-state index contributed by atoms with van der Waals surface area (Å²) in [5, 5.41) is 12.2. The van der Waals surface area contributed by atoms with E-state index in [0.717, 1.165) is 10.2 Å². The van der Waals surface area contributed by atoms with Crippen molar-refractivity contribution in [1.82, 2.24) is 4.98 Å². The van der Waals surface area contributed by atoms with Crippen molar-refractivity contribution in [3.8, 4) is 0 Å². The van der Waals surface area contributed by atoms with Crippen molar-refractivity contribution in [2.75, 3.05) is 17.7 Å². The van der Waals surface area contributed by atoms with Crippen LogP contribution in [-0.4, -0.2) is 33.1 Å². The number of amides is 1. The number of aliphatic hydroxyl groups is 1. The van der Waals surface area contributed by atoms with E-state index in [0.29, 0.717) is 10.8 Å². The minimum Gasteiger partial charge on any atom is -0.399 e. The lowest BCUT2D eigenvalue weighted by Crippen LogP contribution is -2.24. The number of nitrogens with one attached hydrogen (secondary N) is 1. The van der Waals surface area contributed by atoms with Gasteiger partial charge in [-0.2, -0.15) is 0 Å². The number of thioether (sulfide) groups is 1. The molecule has 1 amide bonds. The number of anilines is 2. The van der Waals surface area contributed by atoms with Crippen molar-refractivity contribution in [3.63, 3.8) is 0 Å². The Balaban J connectivity index is 2.05. The zero-order valence-electron chi connectivity index (χ0n) is 11.3. The van der Waals surface area contributed by atoms with Gasteiger partial charge >= 0.3 is 0 Å². The van der Waals surface area contributed by atoms with E-state index in [2.05, 4.69) is 10.3 Å². The molecule has 108 valence electrons. The number of nitrogen functional groups attached to an aromatic ring is 1. The Kier molecular flexibility index (Phi) is 4.85. The van der Waals surface area contributed by atoms with Crippen LogP contribution in [0.15, 0.2) is 18.2 Å². The van der Waals surface area contributed by atoms with Gasteiger partial charge in [0.05, 0.1) is 22.1 Å². The van der Waals surface area contributed by atoms with E-state index in [4.69, 9.17) is 10.8 Å². The second-order valence-corrected chi connectivity index (χ2v) is 7.32. The molecule has 4 N–H and O–H groups in total. The number of nitrogens with two attached hydrogens (primary N) is 1. The van der Waals surface area contributed by atoms with E-state index in [-0.39, 0.29) is 23.0 Å². The highest BCUT2D eigenvalue weighted by molar-refractivity contribution is 8.01. The monoisotopic (exact) mass is 311 g/mol. The average Bonchev–Trinajstić information content (AvgIpc) is 2.79. The smallest absolute Gasteiger partial charge is 0.238 e. The van der Waals surface area contributed by atoms with Crippen LogP contribution in [0.25, 0.3) is 10.2 Å². The summed E-state index contributed by atoms with van der Waals surface area (Å²) < 4.78 is 0.948. The normalized spacial score (nSPS) is 14.2. The minimum atomic E-state index is -0.241. The van der Waals surface area contributed by atoms with E-state index in [1.165, 1.54) is 23.1 Å². The predicted molar refractivity (Wildman–Crippen MR) is 86.3 cm³/mol. The zero-order chi connectivity index (χ0) is 14.7. The molecule has 5 nitrogen and oxygen atoms in total. The molecular weight excluding hydrogens is 294 g/mol. The number of fused-ring (bicyclic) bond motifs is 1. The van der Waals surface area contributed by atoms with Crippen molar-refractivity contribution < 1.29 is 9.90 Å². The number of hydrogen-bond donors (Lipinski definition) is 3. The second kappa shape index (κ2) is 6.43. The fourth-order valence-electron chi connectivity index (χ4n) is 1.65. The molecule has 2 aromatic rings. The number of rotatable bonds is 5. The molecule has 1 aromatic carbocycles. The molecular formula is C13H17N3O2S2. The molecule has 0 aliphatic rings. The zero-order valence-corrected chi connectivity index (χ0v) is 12.9. The molecule has 20 heavy (non-hydrogen) atoms. The number of aromatic nitrogens is 1. The quantitative estimate of drug-likeness (QED) is 0.738. The number of aliphatic hydroxyl groups excluding tert-OH is 1. The summed E-state index contributed by atoms with van der Waals surface area (Å²) in [4.78, 5) is 16.4. The van der Waals surface area contributed by atoms with E-state index < -0.39 is 0 Å². The van der Waals surface area contributed by atoms with Crippen molar-refractivity contribution in [2.45, 2.75) is 24.3 Å². The van der Waals surface area contributed by atoms with Gasteiger partial charge in [0.25, 0.3) is 0 Å². The summed E-state index contributed by atoms with van der Waals surface area (Å²) in [7, 11) is 0. The highest BCUT2D eigenvalue weighted by atomic mass is 32.2.